The number of ether oxygens (including phenoxy) is 2. The zero-order valence-electron chi connectivity index (χ0n) is 24.0. The lowest BCUT2D eigenvalue weighted by Gasteiger charge is -2.27. The van der Waals surface area contributed by atoms with Crippen molar-refractivity contribution in [3.05, 3.63) is 23.8 Å². The van der Waals surface area contributed by atoms with Crippen LogP contribution in [0.15, 0.2) is 18.2 Å². The van der Waals surface area contributed by atoms with Gasteiger partial charge in [0.1, 0.15) is 17.7 Å². The van der Waals surface area contributed by atoms with Gasteiger partial charge in [0.2, 0.25) is 17.7 Å². The molecule has 1 aliphatic carbocycles. The molecule has 1 saturated carbocycles. The SMILES string of the molecule is COc1ccc(C[C@H](NC(=O)[C@@H](C)NC(=O)CC(C)(C)O)C(=O)N[C@@H](CC2CCCC2)C(=O)[C@]2(C)CO2)cc1O. The van der Waals surface area contributed by atoms with Gasteiger partial charge < -0.3 is 35.6 Å². The minimum atomic E-state index is -1.25. The maximum absolute atomic E-state index is 13.6. The molecular formula is C29H43N3O8. The maximum atomic E-state index is 13.6. The second-order valence-corrected chi connectivity index (χ2v) is 11.9. The van der Waals surface area contributed by atoms with Crippen LogP contribution in [0.3, 0.4) is 0 Å². The number of hydrogen-bond donors (Lipinski definition) is 5. The Labute approximate surface area is 235 Å². The molecule has 3 amide bonds. The van der Waals surface area contributed by atoms with E-state index in [1.54, 1.807) is 19.1 Å². The van der Waals surface area contributed by atoms with Crippen molar-refractivity contribution in [3.63, 3.8) is 0 Å². The number of phenolic OH excluding ortho intramolecular Hbond substituents is 1. The second kappa shape index (κ2) is 13.0. The van der Waals surface area contributed by atoms with E-state index in [-0.39, 0.29) is 30.1 Å². The molecule has 4 atom stereocenters. The van der Waals surface area contributed by atoms with E-state index in [0.717, 1.165) is 25.7 Å². The number of aliphatic hydroxyl groups is 1. The zero-order valence-corrected chi connectivity index (χ0v) is 24.0. The van der Waals surface area contributed by atoms with Crippen LogP contribution in [0, 0.1) is 5.92 Å². The van der Waals surface area contributed by atoms with E-state index in [1.807, 2.05) is 0 Å². The first-order valence-electron chi connectivity index (χ1n) is 13.9. The third-order valence-electron chi connectivity index (χ3n) is 7.46. The maximum Gasteiger partial charge on any atom is 0.243 e. The number of Topliss-reactive ketones (excluding diaryl/α,β-unsaturated/α-hetero) is 1. The van der Waals surface area contributed by atoms with Crippen LogP contribution in [-0.2, 0) is 30.3 Å². The van der Waals surface area contributed by atoms with Gasteiger partial charge in [0.25, 0.3) is 0 Å². The summed E-state index contributed by atoms with van der Waals surface area (Å²) in [5.41, 5.74) is -1.62. The van der Waals surface area contributed by atoms with Gasteiger partial charge in [-0.3, -0.25) is 19.2 Å². The van der Waals surface area contributed by atoms with E-state index < -0.39 is 47.0 Å². The summed E-state index contributed by atoms with van der Waals surface area (Å²) in [7, 11) is 1.42. The quantitative estimate of drug-likeness (QED) is 0.213. The Morgan fingerprint density at radius 2 is 1.73 bits per heavy atom. The molecule has 2 aliphatic rings. The number of carbonyl (C=O) groups is 4. The summed E-state index contributed by atoms with van der Waals surface area (Å²) in [6.07, 6.45) is 4.46. The molecule has 40 heavy (non-hydrogen) atoms. The highest BCUT2D eigenvalue weighted by atomic mass is 16.6. The van der Waals surface area contributed by atoms with Crippen molar-refractivity contribution >= 4 is 23.5 Å². The highest BCUT2D eigenvalue weighted by Crippen LogP contribution is 2.33. The number of nitrogens with one attached hydrogen (secondary N) is 3. The molecule has 11 heteroatoms. The van der Waals surface area contributed by atoms with E-state index in [9.17, 15) is 29.4 Å². The molecule has 1 aliphatic heterocycles. The van der Waals surface area contributed by atoms with Crippen LogP contribution in [-0.4, -0.2) is 76.8 Å². The van der Waals surface area contributed by atoms with Crippen molar-refractivity contribution in [1.29, 1.82) is 0 Å². The van der Waals surface area contributed by atoms with E-state index in [0.29, 0.717) is 24.5 Å². The number of phenols is 1. The molecule has 3 rings (SSSR count). The summed E-state index contributed by atoms with van der Waals surface area (Å²) >= 11 is 0. The molecule has 0 aromatic heterocycles. The normalized spacial score (nSPS) is 21.1. The Hall–Kier alpha value is -3.18. The van der Waals surface area contributed by atoms with Crippen molar-refractivity contribution in [2.75, 3.05) is 13.7 Å². The van der Waals surface area contributed by atoms with Crippen LogP contribution in [0.2, 0.25) is 0 Å². The summed E-state index contributed by atoms with van der Waals surface area (Å²) in [4.78, 5) is 52.2. The fourth-order valence-corrected chi connectivity index (χ4v) is 5.06. The lowest BCUT2D eigenvalue weighted by atomic mass is 9.90. The largest absolute Gasteiger partial charge is 0.504 e. The molecule has 222 valence electrons. The van der Waals surface area contributed by atoms with Crippen LogP contribution in [0.1, 0.15) is 71.8 Å². The van der Waals surface area contributed by atoms with E-state index in [2.05, 4.69) is 16.0 Å². The van der Waals surface area contributed by atoms with E-state index in [1.165, 1.54) is 33.9 Å². The van der Waals surface area contributed by atoms with Crippen molar-refractivity contribution in [3.8, 4) is 11.5 Å². The molecule has 0 bridgehead atoms. The minimum absolute atomic E-state index is 0.0115. The van der Waals surface area contributed by atoms with Gasteiger partial charge in [-0.25, -0.2) is 0 Å². The van der Waals surface area contributed by atoms with Gasteiger partial charge in [0.15, 0.2) is 17.3 Å². The zero-order chi connectivity index (χ0) is 29.7. The summed E-state index contributed by atoms with van der Waals surface area (Å²) < 4.78 is 10.5. The Morgan fingerprint density at radius 1 is 1.10 bits per heavy atom. The molecule has 2 fully saturated rings. The molecule has 5 N–H and O–H groups in total. The van der Waals surface area contributed by atoms with Crippen molar-refractivity contribution in [2.45, 2.75) is 102 Å². The third-order valence-corrected chi connectivity index (χ3v) is 7.46. The van der Waals surface area contributed by atoms with Crippen LogP contribution in [0.25, 0.3) is 0 Å². The molecule has 1 aromatic rings. The topological polar surface area (TPSA) is 167 Å². The van der Waals surface area contributed by atoms with Gasteiger partial charge >= 0.3 is 0 Å². The minimum Gasteiger partial charge on any atom is -0.504 e. The molecular weight excluding hydrogens is 518 g/mol. The summed E-state index contributed by atoms with van der Waals surface area (Å²) in [6, 6.07) is 1.79. The van der Waals surface area contributed by atoms with Gasteiger partial charge in [-0.05, 0) is 57.7 Å². The Balaban J connectivity index is 1.78. The fraction of sp³-hybridized carbons (Fsp3) is 0.655. The Kier molecular flexibility index (Phi) is 10.2. The highest BCUT2D eigenvalue weighted by Gasteiger charge is 2.50. The van der Waals surface area contributed by atoms with Gasteiger partial charge in [0, 0.05) is 6.42 Å². The smallest absolute Gasteiger partial charge is 0.243 e. The van der Waals surface area contributed by atoms with Crippen molar-refractivity contribution in [1.82, 2.24) is 16.0 Å². The average molecular weight is 562 g/mol. The molecule has 1 aromatic carbocycles. The van der Waals surface area contributed by atoms with E-state index in [4.69, 9.17) is 9.47 Å². The molecule has 0 spiro atoms. The van der Waals surface area contributed by atoms with Gasteiger partial charge in [-0.1, -0.05) is 31.7 Å². The van der Waals surface area contributed by atoms with Crippen LogP contribution >= 0.6 is 0 Å². The first kappa shape index (κ1) is 31.3. The van der Waals surface area contributed by atoms with Crippen LogP contribution in [0.5, 0.6) is 11.5 Å². The number of benzene rings is 1. The van der Waals surface area contributed by atoms with Gasteiger partial charge in [-0.15, -0.1) is 0 Å². The van der Waals surface area contributed by atoms with Crippen LogP contribution < -0.4 is 20.7 Å². The van der Waals surface area contributed by atoms with E-state index >= 15 is 0 Å². The summed E-state index contributed by atoms with van der Waals surface area (Å²) in [5.74, 6) is -1.42. The fourth-order valence-electron chi connectivity index (χ4n) is 5.06. The summed E-state index contributed by atoms with van der Waals surface area (Å²) in [6.45, 7) is 6.46. The predicted molar refractivity (Wildman–Crippen MR) is 147 cm³/mol. The molecule has 0 unspecified atom stereocenters. The number of amides is 3. The molecule has 1 heterocycles. The average Bonchev–Trinajstić information content (AvgIpc) is 3.40. The number of methoxy groups -OCH3 is 1. The Bertz CT molecular complexity index is 1090. The lowest BCUT2D eigenvalue weighted by molar-refractivity contribution is -0.134. The predicted octanol–water partition coefficient (Wildman–Crippen LogP) is 1.52. The third kappa shape index (κ3) is 8.92. The summed E-state index contributed by atoms with van der Waals surface area (Å²) in [5, 5.41) is 28.2. The van der Waals surface area contributed by atoms with Crippen molar-refractivity contribution in [2.24, 2.45) is 5.92 Å². The van der Waals surface area contributed by atoms with Gasteiger partial charge in [-0.2, -0.15) is 0 Å². The number of carbonyl (C=O) groups excluding carboxylic acids is 4. The lowest BCUT2D eigenvalue weighted by Crippen LogP contribution is -2.57. The van der Waals surface area contributed by atoms with Crippen molar-refractivity contribution < 1.29 is 38.9 Å². The first-order chi connectivity index (χ1) is 18.7. The highest BCUT2D eigenvalue weighted by molar-refractivity contribution is 5.98. The monoisotopic (exact) mass is 561 g/mol. The van der Waals surface area contributed by atoms with Gasteiger partial charge in [0.05, 0.1) is 31.8 Å². The van der Waals surface area contributed by atoms with Crippen LogP contribution in [0.4, 0.5) is 0 Å². The number of aromatic hydroxyl groups is 1. The second-order valence-electron chi connectivity index (χ2n) is 11.9. The Morgan fingerprint density at radius 3 is 2.27 bits per heavy atom. The molecule has 11 nitrogen and oxygen atoms in total. The molecule has 1 saturated heterocycles. The number of rotatable bonds is 14. The standard InChI is InChI=1S/C29H43N3O8/c1-17(30-24(34)15-28(2,3)38)26(36)32-21(13-19-10-11-23(39-5)22(33)14-19)27(37)31-20(12-18-8-6-7-9-18)25(35)29(4)16-40-29/h10-11,14,17-18,20-21,33,38H,6-9,12-13,15-16H2,1-5H3,(H,30,34)(H,31,37)(H,32,36)/t17-,20+,21+,29+/m1/s1. The first-order valence-corrected chi connectivity index (χ1v) is 13.9. The number of hydrogen-bond acceptors (Lipinski definition) is 8. The number of ketones is 1. The molecule has 0 radical (unpaired) electrons. The number of epoxide rings is 1.